The number of hydrogen-bond acceptors (Lipinski definition) is 2. The lowest BCUT2D eigenvalue weighted by Crippen LogP contribution is -1.82. The summed E-state index contributed by atoms with van der Waals surface area (Å²) in [5.41, 5.74) is 4.55. The van der Waals surface area contributed by atoms with E-state index in [-0.39, 0.29) is 0 Å². The minimum atomic E-state index is 0.646. The molecule has 0 aliphatic carbocycles. The Balaban J connectivity index is 2.44. The number of nitrogens with zero attached hydrogens (tertiary/aromatic N) is 1. The first-order valence-electron chi connectivity index (χ1n) is 4.94. The second kappa shape index (κ2) is 4.11. The third-order valence-corrected chi connectivity index (χ3v) is 2.71. The molecule has 0 atom stereocenters. The number of aromatic amines is 1. The summed E-state index contributed by atoms with van der Waals surface area (Å²) in [6.45, 7) is 4.12. The highest BCUT2D eigenvalue weighted by Crippen LogP contribution is 2.21. The quantitative estimate of drug-likeness (QED) is 0.745. The molecule has 2 nitrogen and oxygen atoms in total. The SMILES string of the molecule is Cc1ccc(-c2nc(CS)[nH]c2C)cc1. The topological polar surface area (TPSA) is 28.7 Å². The Kier molecular flexibility index (Phi) is 2.82. The zero-order valence-corrected chi connectivity index (χ0v) is 9.81. The Morgan fingerprint density at radius 3 is 2.40 bits per heavy atom. The number of hydrogen-bond donors (Lipinski definition) is 2. The fraction of sp³-hybridized carbons (Fsp3) is 0.250. The van der Waals surface area contributed by atoms with Crippen LogP contribution in [0.3, 0.4) is 0 Å². The van der Waals surface area contributed by atoms with Gasteiger partial charge in [0.05, 0.1) is 5.69 Å². The molecule has 0 radical (unpaired) electrons. The van der Waals surface area contributed by atoms with Crippen LogP contribution in [-0.2, 0) is 5.75 Å². The molecule has 0 bridgehead atoms. The van der Waals surface area contributed by atoms with Crippen molar-refractivity contribution in [3.63, 3.8) is 0 Å². The number of aromatic nitrogens is 2. The van der Waals surface area contributed by atoms with Crippen LogP contribution in [0.5, 0.6) is 0 Å². The average molecular weight is 218 g/mol. The molecule has 0 fully saturated rings. The number of aryl methyl sites for hydroxylation is 2. The van der Waals surface area contributed by atoms with Gasteiger partial charge >= 0.3 is 0 Å². The predicted molar refractivity (Wildman–Crippen MR) is 66.2 cm³/mol. The second-order valence-electron chi connectivity index (χ2n) is 3.68. The highest BCUT2D eigenvalue weighted by molar-refractivity contribution is 7.79. The van der Waals surface area contributed by atoms with Crippen molar-refractivity contribution in [2.24, 2.45) is 0 Å². The first kappa shape index (κ1) is 10.3. The van der Waals surface area contributed by atoms with Gasteiger partial charge in [0.2, 0.25) is 0 Å². The van der Waals surface area contributed by atoms with Gasteiger partial charge in [-0.25, -0.2) is 4.98 Å². The van der Waals surface area contributed by atoms with Crippen molar-refractivity contribution in [1.29, 1.82) is 0 Å². The first-order valence-corrected chi connectivity index (χ1v) is 5.57. The molecular weight excluding hydrogens is 204 g/mol. The highest BCUT2D eigenvalue weighted by atomic mass is 32.1. The van der Waals surface area contributed by atoms with Gasteiger partial charge in [0.1, 0.15) is 5.82 Å². The Hall–Kier alpha value is -1.22. The summed E-state index contributed by atoms with van der Waals surface area (Å²) in [7, 11) is 0. The maximum Gasteiger partial charge on any atom is 0.116 e. The van der Waals surface area contributed by atoms with Gasteiger partial charge < -0.3 is 4.98 Å². The highest BCUT2D eigenvalue weighted by Gasteiger charge is 2.07. The van der Waals surface area contributed by atoms with Gasteiger partial charge in [0.15, 0.2) is 0 Å². The fourth-order valence-electron chi connectivity index (χ4n) is 1.59. The average Bonchev–Trinajstić information content (AvgIpc) is 2.61. The number of H-pyrrole nitrogens is 1. The normalized spacial score (nSPS) is 10.6. The molecule has 1 aromatic carbocycles. The molecule has 3 heteroatoms. The number of rotatable bonds is 2. The van der Waals surface area contributed by atoms with Crippen LogP contribution in [0.4, 0.5) is 0 Å². The summed E-state index contributed by atoms with van der Waals surface area (Å²) in [5, 5.41) is 0. The molecule has 1 N–H and O–H groups in total. The molecule has 0 unspecified atom stereocenters. The monoisotopic (exact) mass is 218 g/mol. The molecule has 2 rings (SSSR count). The molecule has 0 saturated heterocycles. The van der Waals surface area contributed by atoms with Crippen LogP contribution in [-0.4, -0.2) is 9.97 Å². The molecule has 78 valence electrons. The van der Waals surface area contributed by atoms with Crippen LogP contribution in [0.15, 0.2) is 24.3 Å². The van der Waals surface area contributed by atoms with Crippen LogP contribution in [0.25, 0.3) is 11.3 Å². The lowest BCUT2D eigenvalue weighted by atomic mass is 10.1. The second-order valence-corrected chi connectivity index (χ2v) is 4.00. The molecule has 0 spiro atoms. The first-order chi connectivity index (χ1) is 7.20. The molecule has 0 saturated carbocycles. The van der Waals surface area contributed by atoms with Crippen LogP contribution < -0.4 is 0 Å². The molecule has 0 aliphatic rings. The molecule has 15 heavy (non-hydrogen) atoms. The van der Waals surface area contributed by atoms with Gasteiger partial charge in [-0.3, -0.25) is 0 Å². The van der Waals surface area contributed by atoms with E-state index in [0.717, 1.165) is 22.8 Å². The van der Waals surface area contributed by atoms with Crippen LogP contribution >= 0.6 is 12.6 Å². The Morgan fingerprint density at radius 1 is 1.20 bits per heavy atom. The fourth-order valence-corrected chi connectivity index (χ4v) is 1.74. The van der Waals surface area contributed by atoms with Crippen LogP contribution in [0.2, 0.25) is 0 Å². The van der Waals surface area contributed by atoms with Crippen LogP contribution in [0.1, 0.15) is 17.1 Å². The minimum Gasteiger partial charge on any atom is -0.345 e. The molecule has 2 aromatic rings. The lowest BCUT2D eigenvalue weighted by molar-refractivity contribution is 1.11. The number of benzene rings is 1. The van der Waals surface area contributed by atoms with Gasteiger partial charge in [0.25, 0.3) is 0 Å². The standard InChI is InChI=1S/C12H14N2S/c1-8-3-5-10(6-4-8)12-9(2)13-11(7-15)14-12/h3-6,15H,7H2,1-2H3,(H,13,14). The van der Waals surface area contributed by atoms with E-state index in [1.165, 1.54) is 5.56 Å². The Morgan fingerprint density at radius 2 is 1.87 bits per heavy atom. The van der Waals surface area contributed by atoms with E-state index in [0.29, 0.717) is 5.75 Å². The van der Waals surface area contributed by atoms with Crippen molar-refractivity contribution in [1.82, 2.24) is 9.97 Å². The molecule has 1 heterocycles. The van der Waals surface area contributed by atoms with E-state index in [2.05, 4.69) is 53.8 Å². The predicted octanol–water partition coefficient (Wildman–Crippen LogP) is 3.12. The zero-order chi connectivity index (χ0) is 10.8. The van der Waals surface area contributed by atoms with Crippen molar-refractivity contribution in [2.45, 2.75) is 19.6 Å². The van der Waals surface area contributed by atoms with Gasteiger partial charge in [-0.2, -0.15) is 12.6 Å². The third kappa shape index (κ3) is 2.07. The van der Waals surface area contributed by atoms with E-state index in [9.17, 15) is 0 Å². The third-order valence-electron chi connectivity index (χ3n) is 2.41. The minimum absolute atomic E-state index is 0.646. The summed E-state index contributed by atoms with van der Waals surface area (Å²) in [6.07, 6.45) is 0. The van der Waals surface area contributed by atoms with Gasteiger partial charge in [-0.15, -0.1) is 0 Å². The Bertz CT molecular complexity index is 457. The lowest BCUT2D eigenvalue weighted by Gasteiger charge is -1.98. The maximum absolute atomic E-state index is 4.50. The van der Waals surface area contributed by atoms with Crippen molar-refractivity contribution < 1.29 is 0 Å². The molecule has 0 amide bonds. The van der Waals surface area contributed by atoms with E-state index in [1.807, 2.05) is 6.92 Å². The van der Waals surface area contributed by atoms with Crippen molar-refractivity contribution in [3.05, 3.63) is 41.3 Å². The molecular formula is C12H14N2S. The summed E-state index contributed by atoms with van der Waals surface area (Å²) in [5.74, 6) is 1.57. The summed E-state index contributed by atoms with van der Waals surface area (Å²) in [6, 6.07) is 8.40. The van der Waals surface area contributed by atoms with Crippen molar-refractivity contribution >= 4 is 12.6 Å². The summed E-state index contributed by atoms with van der Waals surface area (Å²) >= 11 is 4.21. The summed E-state index contributed by atoms with van der Waals surface area (Å²) < 4.78 is 0. The number of nitrogens with one attached hydrogen (secondary N) is 1. The van der Waals surface area contributed by atoms with Crippen molar-refractivity contribution in [2.75, 3.05) is 0 Å². The van der Waals surface area contributed by atoms with Crippen molar-refractivity contribution in [3.8, 4) is 11.3 Å². The van der Waals surface area contributed by atoms with E-state index in [1.54, 1.807) is 0 Å². The van der Waals surface area contributed by atoms with E-state index in [4.69, 9.17) is 0 Å². The summed E-state index contributed by atoms with van der Waals surface area (Å²) in [4.78, 5) is 7.72. The van der Waals surface area contributed by atoms with Gasteiger partial charge in [0, 0.05) is 17.0 Å². The smallest absolute Gasteiger partial charge is 0.116 e. The number of thiol groups is 1. The Labute approximate surface area is 95.2 Å². The maximum atomic E-state index is 4.50. The van der Waals surface area contributed by atoms with Gasteiger partial charge in [-0.1, -0.05) is 29.8 Å². The largest absolute Gasteiger partial charge is 0.345 e. The zero-order valence-electron chi connectivity index (χ0n) is 8.91. The molecule has 0 aliphatic heterocycles. The number of imidazole rings is 1. The van der Waals surface area contributed by atoms with Gasteiger partial charge in [-0.05, 0) is 13.8 Å². The van der Waals surface area contributed by atoms with E-state index < -0.39 is 0 Å². The van der Waals surface area contributed by atoms with E-state index >= 15 is 0 Å². The van der Waals surface area contributed by atoms with Crippen LogP contribution in [0, 0.1) is 13.8 Å². The molecule has 1 aromatic heterocycles.